The van der Waals surface area contributed by atoms with Gasteiger partial charge in [0.15, 0.2) is 0 Å². The molecule has 0 aliphatic carbocycles. The molecule has 8 nitrogen and oxygen atoms in total. The fraction of sp³-hybridized carbons (Fsp3) is 0.286. The highest BCUT2D eigenvalue weighted by Crippen LogP contribution is 2.19. The number of hydrogen-bond acceptors (Lipinski definition) is 5. The molecule has 0 radical (unpaired) electrons. The van der Waals surface area contributed by atoms with Crippen molar-refractivity contribution in [2.24, 2.45) is 0 Å². The van der Waals surface area contributed by atoms with Crippen LogP contribution in [0.5, 0.6) is 0 Å². The number of carbonyl (C=O) groups is 1. The molecule has 1 amide bonds. The Kier molecular flexibility index (Phi) is 6.51. The van der Waals surface area contributed by atoms with Crippen LogP contribution >= 0.6 is 0 Å². The number of rotatable bonds is 7. The Balaban J connectivity index is 1.99. The van der Waals surface area contributed by atoms with Crippen molar-refractivity contribution in [1.29, 1.82) is 0 Å². The van der Waals surface area contributed by atoms with Gasteiger partial charge in [-0.15, -0.1) is 0 Å². The van der Waals surface area contributed by atoms with Crippen molar-refractivity contribution in [3.8, 4) is 0 Å². The summed E-state index contributed by atoms with van der Waals surface area (Å²) in [6.45, 7) is 5.15. The number of fused-ring (bicyclic) bond motifs is 1. The van der Waals surface area contributed by atoms with Crippen LogP contribution in [0.1, 0.15) is 37.0 Å². The number of aromatic nitrogens is 2. The van der Waals surface area contributed by atoms with Crippen molar-refractivity contribution in [2.75, 3.05) is 6.54 Å². The van der Waals surface area contributed by atoms with E-state index in [2.05, 4.69) is 14.7 Å². The van der Waals surface area contributed by atoms with E-state index < -0.39 is 21.7 Å². The number of para-hydroxylation sites is 1. The minimum atomic E-state index is -3.87. The zero-order valence-electron chi connectivity index (χ0n) is 17.3. The van der Waals surface area contributed by atoms with Crippen LogP contribution < -0.4 is 10.3 Å². The van der Waals surface area contributed by atoms with Gasteiger partial charge in [-0.2, -0.15) is 0 Å². The molecule has 0 saturated carbocycles. The Labute approximate surface area is 179 Å². The number of sulfonamides is 1. The molecule has 2 N–H and O–H groups in total. The van der Waals surface area contributed by atoms with Gasteiger partial charge in [-0.25, -0.2) is 22.5 Å². The summed E-state index contributed by atoms with van der Waals surface area (Å²) in [4.78, 5) is 33.6. The van der Waals surface area contributed by atoms with Crippen molar-refractivity contribution in [1.82, 2.24) is 19.6 Å². The van der Waals surface area contributed by atoms with Gasteiger partial charge in [0.2, 0.25) is 10.0 Å². The fourth-order valence-electron chi connectivity index (χ4n) is 3.12. The number of H-pyrrole nitrogens is 1. The number of hydrogen-bond donors (Lipinski definition) is 2. The highest BCUT2D eigenvalue weighted by Gasteiger charge is 2.25. The van der Waals surface area contributed by atoms with Gasteiger partial charge in [-0.3, -0.25) is 9.59 Å². The standard InChI is InChI=1S/C21H23FN4O4S/c1-4-23-31(29,30)14-9-10-17(22)16(11-14)21(28)26(13(2)3)12-19-24-18-8-6-5-7-15(18)20(27)25-19/h5-11,13,23H,4,12H2,1-3H3,(H,24,25,27). The summed E-state index contributed by atoms with van der Waals surface area (Å²) in [5.41, 5.74) is -0.250. The Hall–Kier alpha value is -3.11. The van der Waals surface area contributed by atoms with Gasteiger partial charge in [-0.1, -0.05) is 19.1 Å². The lowest BCUT2D eigenvalue weighted by Crippen LogP contribution is -2.38. The summed E-state index contributed by atoms with van der Waals surface area (Å²) < 4.78 is 41.3. The topological polar surface area (TPSA) is 112 Å². The van der Waals surface area contributed by atoms with Gasteiger partial charge in [0.1, 0.15) is 11.6 Å². The van der Waals surface area contributed by atoms with Gasteiger partial charge in [0.25, 0.3) is 11.5 Å². The third kappa shape index (κ3) is 4.80. The summed E-state index contributed by atoms with van der Waals surface area (Å²) in [5, 5.41) is 0.418. The predicted octanol–water partition coefficient (Wildman–Crippen LogP) is 2.41. The van der Waals surface area contributed by atoms with Crippen LogP contribution in [0.3, 0.4) is 0 Å². The molecule has 0 spiro atoms. The van der Waals surface area contributed by atoms with Crippen LogP contribution in [0.2, 0.25) is 0 Å². The van der Waals surface area contributed by atoms with E-state index in [1.54, 1.807) is 45.0 Å². The van der Waals surface area contributed by atoms with Gasteiger partial charge >= 0.3 is 0 Å². The molecule has 31 heavy (non-hydrogen) atoms. The maximum atomic E-state index is 14.5. The molecule has 0 unspecified atom stereocenters. The summed E-state index contributed by atoms with van der Waals surface area (Å²) >= 11 is 0. The first-order chi connectivity index (χ1) is 14.6. The van der Waals surface area contributed by atoms with E-state index in [1.807, 2.05) is 0 Å². The number of carbonyl (C=O) groups excluding carboxylic acids is 1. The van der Waals surface area contributed by atoms with Gasteiger partial charge in [-0.05, 0) is 44.2 Å². The Morgan fingerprint density at radius 1 is 1.23 bits per heavy atom. The number of aromatic amines is 1. The number of benzene rings is 2. The lowest BCUT2D eigenvalue weighted by atomic mass is 10.1. The predicted molar refractivity (Wildman–Crippen MR) is 115 cm³/mol. The van der Waals surface area contributed by atoms with E-state index in [0.29, 0.717) is 10.9 Å². The van der Waals surface area contributed by atoms with Gasteiger partial charge in [0, 0.05) is 12.6 Å². The van der Waals surface area contributed by atoms with Crippen LogP contribution in [0.25, 0.3) is 10.9 Å². The molecule has 0 saturated heterocycles. The van der Waals surface area contributed by atoms with Crippen LogP contribution in [0, 0.1) is 5.82 Å². The molecule has 1 aromatic heterocycles. The molecule has 164 valence electrons. The third-order valence-electron chi connectivity index (χ3n) is 4.68. The molecule has 2 aromatic carbocycles. The maximum absolute atomic E-state index is 14.5. The summed E-state index contributed by atoms with van der Waals surface area (Å²) in [7, 11) is -3.87. The Morgan fingerprint density at radius 3 is 2.61 bits per heavy atom. The first-order valence-electron chi connectivity index (χ1n) is 9.72. The quantitative estimate of drug-likeness (QED) is 0.579. The molecular formula is C21H23FN4O4S. The number of halogens is 1. The highest BCUT2D eigenvalue weighted by molar-refractivity contribution is 7.89. The van der Waals surface area contributed by atoms with Gasteiger partial charge in [0.05, 0.1) is 27.9 Å². The van der Waals surface area contributed by atoms with Crippen molar-refractivity contribution in [3.63, 3.8) is 0 Å². The minimum absolute atomic E-state index is 0.0831. The number of amides is 1. The summed E-state index contributed by atoms with van der Waals surface area (Å²) in [6.07, 6.45) is 0. The second-order valence-corrected chi connectivity index (χ2v) is 8.97. The van der Waals surface area contributed by atoms with Crippen molar-refractivity contribution in [2.45, 2.75) is 38.3 Å². The SMILES string of the molecule is CCNS(=O)(=O)c1ccc(F)c(C(=O)N(Cc2nc3ccccc3c(=O)[nH]2)C(C)C)c1. The van der Waals surface area contributed by atoms with Crippen LogP contribution in [-0.2, 0) is 16.6 Å². The molecule has 3 rings (SSSR count). The lowest BCUT2D eigenvalue weighted by Gasteiger charge is -2.26. The second kappa shape index (κ2) is 8.94. The minimum Gasteiger partial charge on any atom is -0.329 e. The van der Waals surface area contributed by atoms with Crippen LogP contribution in [0.15, 0.2) is 52.2 Å². The monoisotopic (exact) mass is 446 g/mol. The molecule has 10 heteroatoms. The average Bonchev–Trinajstić information content (AvgIpc) is 2.71. The van der Waals surface area contributed by atoms with Crippen molar-refractivity contribution >= 4 is 26.8 Å². The largest absolute Gasteiger partial charge is 0.329 e. The molecule has 0 bridgehead atoms. The van der Waals surface area contributed by atoms with Crippen LogP contribution in [0.4, 0.5) is 4.39 Å². The van der Waals surface area contributed by atoms with Gasteiger partial charge < -0.3 is 9.88 Å². The third-order valence-corrected chi connectivity index (χ3v) is 6.22. The molecular weight excluding hydrogens is 423 g/mol. The summed E-state index contributed by atoms with van der Waals surface area (Å²) in [6, 6.07) is 9.49. The first kappa shape index (κ1) is 22.6. The molecule has 0 atom stereocenters. The smallest absolute Gasteiger partial charge is 0.258 e. The number of nitrogens with zero attached hydrogens (tertiary/aromatic N) is 2. The molecule has 0 aliphatic rings. The van der Waals surface area contributed by atoms with E-state index in [4.69, 9.17) is 0 Å². The van der Waals surface area contributed by atoms with E-state index in [1.165, 1.54) is 4.90 Å². The summed E-state index contributed by atoms with van der Waals surface area (Å²) in [5.74, 6) is -1.31. The Morgan fingerprint density at radius 2 is 1.94 bits per heavy atom. The average molecular weight is 447 g/mol. The normalized spacial score (nSPS) is 11.8. The lowest BCUT2D eigenvalue weighted by molar-refractivity contribution is 0.0680. The highest BCUT2D eigenvalue weighted by atomic mass is 32.2. The zero-order valence-corrected chi connectivity index (χ0v) is 18.2. The first-order valence-corrected chi connectivity index (χ1v) is 11.2. The molecule has 0 aliphatic heterocycles. The van der Waals surface area contributed by atoms with Crippen LogP contribution in [-0.4, -0.2) is 41.8 Å². The Bertz CT molecular complexity index is 1290. The maximum Gasteiger partial charge on any atom is 0.258 e. The molecule has 1 heterocycles. The van der Waals surface area contributed by atoms with Crippen molar-refractivity contribution in [3.05, 3.63) is 70.0 Å². The number of nitrogens with one attached hydrogen (secondary N) is 2. The van der Waals surface area contributed by atoms with E-state index >= 15 is 0 Å². The van der Waals surface area contributed by atoms with E-state index in [0.717, 1.165) is 18.2 Å². The molecule has 3 aromatic rings. The van der Waals surface area contributed by atoms with Crippen molar-refractivity contribution < 1.29 is 17.6 Å². The zero-order chi connectivity index (χ0) is 22.8. The fourth-order valence-corrected chi connectivity index (χ4v) is 4.19. The molecule has 0 fully saturated rings. The second-order valence-electron chi connectivity index (χ2n) is 7.20. The van der Waals surface area contributed by atoms with E-state index in [-0.39, 0.29) is 41.0 Å². The van der Waals surface area contributed by atoms with E-state index in [9.17, 15) is 22.4 Å².